The highest BCUT2D eigenvalue weighted by Crippen LogP contribution is 2.35. The van der Waals surface area contributed by atoms with Crippen molar-refractivity contribution in [1.82, 2.24) is 14.5 Å². The first-order valence-corrected chi connectivity index (χ1v) is 10.7. The number of fused-ring (bicyclic) bond motifs is 1. The van der Waals surface area contributed by atoms with Crippen molar-refractivity contribution in [3.05, 3.63) is 59.2 Å². The van der Waals surface area contributed by atoms with Crippen LogP contribution in [0.25, 0.3) is 0 Å². The monoisotopic (exact) mass is 443 g/mol. The van der Waals surface area contributed by atoms with Crippen molar-refractivity contribution >= 4 is 29.1 Å². The van der Waals surface area contributed by atoms with Crippen molar-refractivity contribution < 1.29 is 14.3 Å². The maximum atomic E-state index is 12.7. The summed E-state index contributed by atoms with van der Waals surface area (Å²) < 4.78 is 7.20. The van der Waals surface area contributed by atoms with Crippen LogP contribution in [0.5, 0.6) is 0 Å². The van der Waals surface area contributed by atoms with Crippen molar-refractivity contribution in [2.24, 2.45) is 5.73 Å². The molecule has 4 rings (SSSR count). The topological polar surface area (TPSA) is 93.7 Å². The van der Waals surface area contributed by atoms with E-state index in [2.05, 4.69) is 9.88 Å². The van der Waals surface area contributed by atoms with Gasteiger partial charge in [0.25, 0.3) is 5.91 Å². The lowest BCUT2D eigenvalue weighted by molar-refractivity contribution is -0.127. The van der Waals surface area contributed by atoms with Gasteiger partial charge in [-0.15, -0.1) is 0 Å². The normalized spacial score (nSPS) is 20.4. The second kappa shape index (κ2) is 9.11. The average molecular weight is 444 g/mol. The molecule has 1 saturated carbocycles. The Morgan fingerprint density at radius 3 is 2.81 bits per heavy atom. The zero-order chi connectivity index (χ0) is 22.0. The van der Waals surface area contributed by atoms with E-state index in [1.165, 1.54) is 6.20 Å². The summed E-state index contributed by atoms with van der Waals surface area (Å²) in [7, 11) is 1.73. The van der Waals surface area contributed by atoms with Gasteiger partial charge in [0.05, 0.1) is 29.6 Å². The van der Waals surface area contributed by atoms with E-state index in [9.17, 15) is 9.59 Å². The number of carbonyl (C=O) groups is 2. The van der Waals surface area contributed by atoms with Crippen LogP contribution in [0.2, 0.25) is 5.02 Å². The van der Waals surface area contributed by atoms with Crippen LogP contribution < -0.4 is 10.6 Å². The molecule has 0 saturated heterocycles. The minimum absolute atomic E-state index is 0.0858. The van der Waals surface area contributed by atoms with Crippen molar-refractivity contribution in [2.45, 2.75) is 38.1 Å². The first-order chi connectivity index (χ1) is 15.0. The minimum atomic E-state index is -0.509. The Bertz CT molecular complexity index is 999. The highest BCUT2D eigenvalue weighted by atomic mass is 35.5. The van der Waals surface area contributed by atoms with Gasteiger partial charge < -0.3 is 24.8 Å². The van der Waals surface area contributed by atoms with Gasteiger partial charge in [-0.3, -0.25) is 9.59 Å². The fourth-order valence-corrected chi connectivity index (χ4v) is 4.38. The van der Waals surface area contributed by atoms with E-state index in [-0.39, 0.29) is 12.0 Å². The first kappa shape index (κ1) is 21.4. The molecule has 9 heteroatoms. The van der Waals surface area contributed by atoms with Crippen molar-refractivity contribution in [3.8, 4) is 0 Å². The number of rotatable bonds is 7. The third-order valence-corrected chi connectivity index (χ3v) is 6.32. The molecule has 2 aliphatic rings. The van der Waals surface area contributed by atoms with Gasteiger partial charge in [0.15, 0.2) is 0 Å². The quantitative estimate of drug-likeness (QED) is 0.662. The van der Waals surface area contributed by atoms with Gasteiger partial charge in [0, 0.05) is 38.9 Å². The van der Waals surface area contributed by atoms with Gasteiger partial charge in [0.2, 0.25) is 5.91 Å². The number of halogens is 1. The number of ether oxygens (including phenoxy) is 1. The zero-order valence-corrected chi connectivity index (χ0v) is 18.2. The molecule has 2 aromatic rings. The lowest BCUT2D eigenvalue weighted by Gasteiger charge is -2.43. The number of nitrogens with two attached hydrogens (primary N) is 1. The molecule has 0 spiro atoms. The molecule has 8 nitrogen and oxygen atoms in total. The molecule has 1 aliphatic heterocycles. The molecule has 2 N–H and O–H groups in total. The summed E-state index contributed by atoms with van der Waals surface area (Å²) in [5.74, 6) is 0.0710. The molecule has 1 aliphatic carbocycles. The Kier molecular flexibility index (Phi) is 6.29. The molecule has 0 radical (unpaired) electrons. The van der Waals surface area contributed by atoms with E-state index in [4.69, 9.17) is 22.1 Å². The van der Waals surface area contributed by atoms with E-state index in [0.717, 1.165) is 18.5 Å². The zero-order valence-electron chi connectivity index (χ0n) is 17.4. The fraction of sp³-hybridized carbons (Fsp3) is 0.409. The molecule has 0 bridgehead atoms. The predicted molar refractivity (Wildman–Crippen MR) is 118 cm³/mol. The smallest absolute Gasteiger partial charge is 0.266 e. The molecule has 1 aromatic carbocycles. The predicted octanol–water partition coefficient (Wildman–Crippen LogP) is 2.22. The van der Waals surface area contributed by atoms with Crippen LogP contribution in [-0.4, -0.2) is 58.6 Å². The summed E-state index contributed by atoms with van der Waals surface area (Å²) in [6, 6.07) is 8.07. The van der Waals surface area contributed by atoms with Crippen LogP contribution in [0.15, 0.2) is 42.6 Å². The molecule has 1 fully saturated rings. The van der Waals surface area contributed by atoms with E-state index >= 15 is 0 Å². The first-order valence-electron chi connectivity index (χ1n) is 10.3. The van der Waals surface area contributed by atoms with Gasteiger partial charge >= 0.3 is 0 Å². The largest absolute Gasteiger partial charge is 0.381 e. The van der Waals surface area contributed by atoms with Crippen molar-refractivity contribution in [1.29, 1.82) is 0 Å². The summed E-state index contributed by atoms with van der Waals surface area (Å²) in [6.45, 7) is 1.92. The van der Waals surface area contributed by atoms with Crippen molar-refractivity contribution in [3.63, 3.8) is 0 Å². The lowest BCUT2D eigenvalue weighted by Crippen LogP contribution is -2.48. The number of hydrogen-bond acceptors (Lipinski definition) is 5. The maximum absolute atomic E-state index is 12.7. The summed E-state index contributed by atoms with van der Waals surface area (Å²) in [6.07, 6.45) is 7.07. The number of amides is 2. The van der Waals surface area contributed by atoms with E-state index in [1.54, 1.807) is 22.7 Å². The highest BCUT2D eigenvalue weighted by molar-refractivity contribution is 6.33. The SMILES string of the molecule is COC1CC(N(C/C=C/C(=O)N2CCn3c(C(N)=O)cnc3C2)c2ccccc2Cl)C1. The molecule has 0 unspecified atom stereocenters. The molecule has 1 aromatic heterocycles. The number of nitrogens with zero attached hydrogens (tertiary/aromatic N) is 4. The Morgan fingerprint density at radius 1 is 1.32 bits per heavy atom. The van der Waals surface area contributed by atoms with Gasteiger partial charge in [-0.2, -0.15) is 0 Å². The number of hydrogen-bond donors (Lipinski definition) is 1. The highest BCUT2D eigenvalue weighted by Gasteiger charge is 2.34. The van der Waals surface area contributed by atoms with Gasteiger partial charge in [-0.1, -0.05) is 29.8 Å². The second-order valence-corrected chi connectivity index (χ2v) is 8.23. The third-order valence-electron chi connectivity index (χ3n) is 6.00. The average Bonchev–Trinajstić information content (AvgIpc) is 3.16. The number of anilines is 1. The standard InChI is InChI=1S/C22H26ClN5O3/c1-31-16-11-15(12-16)27(18-6-3-2-5-17(18)23)8-4-7-21(29)26-9-10-28-19(22(24)30)13-25-20(28)14-26/h2-7,13,15-16H,8-12,14H2,1H3,(H2,24,30)/b7-4+. The van der Waals surface area contributed by atoms with Gasteiger partial charge in [-0.25, -0.2) is 4.98 Å². The van der Waals surface area contributed by atoms with Crippen LogP contribution in [-0.2, 0) is 22.6 Å². The number of benzene rings is 1. The van der Waals surface area contributed by atoms with Crippen LogP contribution in [0.3, 0.4) is 0 Å². The molecule has 0 atom stereocenters. The molecular formula is C22H26ClN5O3. The Balaban J connectivity index is 1.41. The number of primary amides is 1. The summed E-state index contributed by atoms with van der Waals surface area (Å²) in [4.78, 5) is 32.4. The lowest BCUT2D eigenvalue weighted by atomic mass is 9.87. The third kappa shape index (κ3) is 4.45. The Morgan fingerprint density at radius 2 is 2.10 bits per heavy atom. The maximum Gasteiger partial charge on any atom is 0.266 e. The van der Waals surface area contributed by atoms with Crippen molar-refractivity contribution in [2.75, 3.05) is 25.1 Å². The number of imidazole rings is 1. The molecular weight excluding hydrogens is 418 g/mol. The van der Waals surface area contributed by atoms with Gasteiger partial charge in [-0.05, 0) is 25.0 Å². The molecule has 164 valence electrons. The Hall–Kier alpha value is -2.84. The number of para-hydroxylation sites is 1. The van der Waals surface area contributed by atoms with Gasteiger partial charge in [0.1, 0.15) is 11.5 Å². The molecule has 31 heavy (non-hydrogen) atoms. The van der Waals surface area contributed by atoms with Crippen LogP contribution in [0, 0.1) is 0 Å². The van der Waals surface area contributed by atoms with E-state index < -0.39 is 5.91 Å². The van der Waals surface area contributed by atoms with E-state index in [0.29, 0.717) is 48.8 Å². The number of carbonyl (C=O) groups excluding carboxylic acids is 2. The molecule has 2 heterocycles. The second-order valence-electron chi connectivity index (χ2n) is 7.82. The number of methoxy groups -OCH3 is 1. The van der Waals surface area contributed by atoms with Crippen LogP contribution in [0.4, 0.5) is 5.69 Å². The molecule has 2 amide bonds. The fourth-order valence-electron chi connectivity index (χ4n) is 4.13. The summed E-state index contributed by atoms with van der Waals surface area (Å²) in [5, 5.41) is 0.691. The summed E-state index contributed by atoms with van der Waals surface area (Å²) in [5.41, 5.74) is 6.71. The minimum Gasteiger partial charge on any atom is -0.381 e. The van der Waals surface area contributed by atoms with E-state index in [1.807, 2.05) is 30.3 Å². The number of aromatic nitrogens is 2. The summed E-state index contributed by atoms with van der Waals surface area (Å²) >= 11 is 6.44. The Labute approximate surface area is 186 Å². The van der Waals surface area contributed by atoms with Crippen LogP contribution >= 0.6 is 11.6 Å². The van der Waals surface area contributed by atoms with Crippen LogP contribution in [0.1, 0.15) is 29.2 Å².